The Hall–Kier alpha value is -1.28. The molecule has 5 nitrogen and oxygen atoms in total. The van der Waals surface area contributed by atoms with Crippen LogP contribution in [0.2, 0.25) is 0 Å². The third-order valence-corrected chi connectivity index (χ3v) is 7.32. The van der Waals surface area contributed by atoms with Crippen LogP contribution >= 0.6 is 22.7 Å². The van der Waals surface area contributed by atoms with E-state index in [1.807, 2.05) is 21.7 Å². The summed E-state index contributed by atoms with van der Waals surface area (Å²) in [6.07, 6.45) is 3.50. The molecule has 0 bridgehead atoms. The highest BCUT2D eigenvalue weighted by molar-refractivity contribution is 7.20. The lowest BCUT2D eigenvalue weighted by Gasteiger charge is -2.39. The second-order valence-electron chi connectivity index (χ2n) is 7.26. The Bertz CT molecular complexity index is 722. The van der Waals surface area contributed by atoms with Crippen LogP contribution in [0, 0.1) is 0 Å². The number of likely N-dealkylation sites (N-methyl/N-ethyl adjacent to an activating group) is 1. The molecule has 0 aliphatic carbocycles. The average molecular weight is 391 g/mol. The van der Waals surface area contributed by atoms with Gasteiger partial charge in [-0.15, -0.1) is 22.7 Å². The van der Waals surface area contributed by atoms with Crippen LogP contribution in [0.25, 0.3) is 9.88 Å². The minimum atomic E-state index is 0.102. The van der Waals surface area contributed by atoms with Crippen molar-refractivity contribution in [1.82, 2.24) is 19.7 Å². The number of thiophene rings is 1. The molecule has 0 aromatic carbocycles. The van der Waals surface area contributed by atoms with Crippen molar-refractivity contribution in [2.75, 3.05) is 46.3 Å². The summed E-state index contributed by atoms with van der Waals surface area (Å²) in [5, 5.41) is 4.93. The van der Waals surface area contributed by atoms with E-state index in [2.05, 4.69) is 27.9 Å². The Morgan fingerprint density at radius 1 is 1.15 bits per heavy atom. The van der Waals surface area contributed by atoms with Gasteiger partial charge in [-0.25, -0.2) is 4.98 Å². The fourth-order valence-electron chi connectivity index (χ4n) is 3.84. The zero-order chi connectivity index (χ0) is 17.9. The number of likely N-dealkylation sites (tertiary alicyclic amines) is 1. The molecule has 2 aliphatic heterocycles. The average Bonchev–Trinajstić information content (AvgIpc) is 3.29. The van der Waals surface area contributed by atoms with E-state index in [1.54, 1.807) is 22.7 Å². The van der Waals surface area contributed by atoms with Crippen molar-refractivity contribution < 1.29 is 4.79 Å². The number of aromatic nitrogens is 1. The molecular weight excluding hydrogens is 364 g/mol. The van der Waals surface area contributed by atoms with Gasteiger partial charge in [0.1, 0.15) is 10.7 Å². The Labute approximate surface area is 163 Å². The van der Waals surface area contributed by atoms with E-state index >= 15 is 0 Å². The maximum atomic E-state index is 13.1. The molecule has 0 spiro atoms. The fourth-order valence-corrected chi connectivity index (χ4v) is 5.44. The van der Waals surface area contributed by atoms with Crippen LogP contribution in [0.15, 0.2) is 22.9 Å². The van der Waals surface area contributed by atoms with Gasteiger partial charge in [-0.2, -0.15) is 0 Å². The molecule has 1 atom stereocenters. The fraction of sp³-hybridized carbons (Fsp3) is 0.579. The van der Waals surface area contributed by atoms with Gasteiger partial charge >= 0.3 is 0 Å². The number of carbonyl (C=O) groups excluding carboxylic acids is 1. The summed E-state index contributed by atoms with van der Waals surface area (Å²) in [5.41, 5.74) is 0.609. The molecule has 1 amide bonds. The predicted molar refractivity (Wildman–Crippen MR) is 108 cm³/mol. The largest absolute Gasteiger partial charge is 0.336 e. The number of rotatable bonds is 3. The predicted octanol–water partition coefficient (Wildman–Crippen LogP) is 3.11. The van der Waals surface area contributed by atoms with Crippen molar-refractivity contribution in [1.29, 1.82) is 0 Å². The molecule has 0 N–H and O–H groups in total. The Morgan fingerprint density at radius 3 is 2.77 bits per heavy atom. The number of carbonyl (C=O) groups is 1. The minimum Gasteiger partial charge on any atom is -0.336 e. The van der Waals surface area contributed by atoms with Gasteiger partial charge in [0.05, 0.1) is 4.88 Å². The highest BCUT2D eigenvalue weighted by Gasteiger charge is 2.29. The molecule has 140 valence electrons. The van der Waals surface area contributed by atoms with Crippen LogP contribution in [0.4, 0.5) is 0 Å². The first-order chi connectivity index (χ1) is 12.7. The summed E-state index contributed by atoms with van der Waals surface area (Å²) in [5.74, 6) is 0.102. The van der Waals surface area contributed by atoms with Gasteiger partial charge in [0.2, 0.25) is 0 Å². The van der Waals surface area contributed by atoms with Crippen LogP contribution < -0.4 is 0 Å². The monoisotopic (exact) mass is 390 g/mol. The molecule has 2 saturated heterocycles. The van der Waals surface area contributed by atoms with Crippen LogP contribution in [0.5, 0.6) is 0 Å². The number of thiazole rings is 1. The van der Waals surface area contributed by atoms with E-state index in [4.69, 9.17) is 0 Å². The van der Waals surface area contributed by atoms with Crippen LogP contribution in [-0.4, -0.2) is 77.9 Å². The van der Waals surface area contributed by atoms with Crippen molar-refractivity contribution in [3.05, 3.63) is 28.6 Å². The number of amides is 1. The topological polar surface area (TPSA) is 39.7 Å². The molecule has 2 aliphatic rings. The van der Waals surface area contributed by atoms with Gasteiger partial charge in [-0.05, 0) is 31.3 Å². The maximum Gasteiger partial charge on any atom is 0.273 e. The quantitative estimate of drug-likeness (QED) is 0.807. The van der Waals surface area contributed by atoms with Gasteiger partial charge in [0, 0.05) is 50.7 Å². The molecular formula is C19H26N4OS2. The van der Waals surface area contributed by atoms with Crippen LogP contribution in [0.3, 0.4) is 0 Å². The third-order valence-electron chi connectivity index (χ3n) is 5.44. The lowest BCUT2D eigenvalue weighted by molar-refractivity contribution is 0.0627. The third kappa shape index (κ3) is 4.01. The van der Waals surface area contributed by atoms with E-state index in [0.29, 0.717) is 11.7 Å². The highest BCUT2D eigenvalue weighted by atomic mass is 32.1. The summed E-state index contributed by atoms with van der Waals surface area (Å²) in [4.78, 5) is 25.8. The molecule has 0 saturated carbocycles. The Kier molecular flexibility index (Phi) is 5.69. The van der Waals surface area contributed by atoms with E-state index in [-0.39, 0.29) is 5.91 Å². The smallest absolute Gasteiger partial charge is 0.273 e. The SMILES string of the molecule is CN1CCN([C@@H]2CCCCN(C(=O)c3csc(-c4cccs4)n3)C2)CC1. The standard InChI is InChI=1S/C19H26N4OS2/c1-21-8-10-22(11-9-21)15-5-2-3-7-23(13-15)19(24)16-14-26-18(20-16)17-6-4-12-25-17/h4,6,12,14-15H,2-3,5,7-11,13H2,1H3/t15-/m1/s1. The van der Waals surface area contributed by atoms with E-state index < -0.39 is 0 Å². The van der Waals surface area contributed by atoms with Gasteiger partial charge in [0.25, 0.3) is 5.91 Å². The van der Waals surface area contributed by atoms with Gasteiger partial charge in [-0.3, -0.25) is 9.69 Å². The van der Waals surface area contributed by atoms with Crippen LogP contribution in [-0.2, 0) is 0 Å². The molecule has 2 aromatic heterocycles. The van der Waals surface area contributed by atoms with Crippen molar-refractivity contribution in [2.24, 2.45) is 0 Å². The lowest BCUT2D eigenvalue weighted by atomic mass is 10.1. The van der Waals surface area contributed by atoms with Crippen molar-refractivity contribution in [3.63, 3.8) is 0 Å². The molecule has 7 heteroatoms. The number of nitrogens with zero attached hydrogens (tertiary/aromatic N) is 4. The zero-order valence-electron chi connectivity index (χ0n) is 15.3. The summed E-state index contributed by atoms with van der Waals surface area (Å²) in [6, 6.07) is 4.58. The molecule has 4 heterocycles. The highest BCUT2D eigenvalue weighted by Crippen LogP contribution is 2.28. The second-order valence-corrected chi connectivity index (χ2v) is 9.06. The van der Waals surface area contributed by atoms with Gasteiger partial charge < -0.3 is 9.80 Å². The first-order valence-electron chi connectivity index (χ1n) is 9.42. The number of piperazine rings is 1. The second kappa shape index (κ2) is 8.17. The first-order valence-corrected chi connectivity index (χ1v) is 11.2. The van der Waals surface area contributed by atoms with Gasteiger partial charge in [-0.1, -0.05) is 12.5 Å². The van der Waals surface area contributed by atoms with Crippen molar-refractivity contribution in [2.45, 2.75) is 25.3 Å². The molecule has 2 aromatic rings. The normalized spacial score (nSPS) is 23.1. The van der Waals surface area contributed by atoms with Crippen molar-refractivity contribution >= 4 is 28.6 Å². The molecule has 4 rings (SSSR count). The van der Waals surface area contributed by atoms with E-state index in [1.165, 1.54) is 12.8 Å². The summed E-state index contributed by atoms with van der Waals surface area (Å²) < 4.78 is 0. The lowest BCUT2D eigenvalue weighted by Crippen LogP contribution is -2.52. The van der Waals surface area contributed by atoms with Crippen LogP contribution in [0.1, 0.15) is 29.8 Å². The zero-order valence-corrected chi connectivity index (χ0v) is 16.9. The summed E-state index contributed by atoms with van der Waals surface area (Å²) in [6.45, 7) is 6.18. The Balaban J connectivity index is 1.44. The molecule has 26 heavy (non-hydrogen) atoms. The molecule has 2 fully saturated rings. The van der Waals surface area contributed by atoms with Crippen molar-refractivity contribution in [3.8, 4) is 9.88 Å². The van der Waals surface area contributed by atoms with Gasteiger partial charge in [0.15, 0.2) is 0 Å². The maximum absolute atomic E-state index is 13.1. The minimum absolute atomic E-state index is 0.102. The summed E-state index contributed by atoms with van der Waals surface area (Å²) in [7, 11) is 2.19. The van der Waals surface area contributed by atoms with E-state index in [0.717, 1.165) is 55.6 Å². The number of hydrogen-bond acceptors (Lipinski definition) is 6. The molecule has 0 radical (unpaired) electrons. The first kappa shape index (κ1) is 18.1. The molecule has 0 unspecified atom stereocenters. The Morgan fingerprint density at radius 2 is 2.00 bits per heavy atom. The number of hydrogen-bond donors (Lipinski definition) is 0. The van der Waals surface area contributed by atoms with E-state index in [9.17, 15) is 4.79 Å². The summed E-state index contributed by atoms with van der Waals surface area (Å²) >= 11 is 3.24.